The van der Waals surface area contributed by atoms with Crippen molar-refractivity contribution >= 4 is 29.9 Å². The standard InChI is InChI=1S/C19H28N4O.HI/c1-4-20-19(23(3)15-17-8-6-14-22(17)2)21-13-5-7-16-9-11-18(24)12-10-16;/h6,8-12,14,24H,4-5,7,13,15H2,1-3H3,(H,20,21);1H. The molecule has 6 heteroatoms. The van der Waals surface area contributed by atoms with Gasteiger partial charge in [0.2, 0.25) is 0 Å². The molecule has 1 aromatic carbocycles. The molecule has 2 rings (SSSR count). The number of nitrogens with zero attached hydrogens (tertiary/aromatic N) is 3. The maximum Gasteiger partial charge on any atom is 0.194 e. The quantitative estimate of drug-likeness (QED) is 0.291. The first-order valence-corrected chi connectivity index (χ1v) is 8.47. The van der Waals surface area contributed by atoms with Crippen LogP contribution < -0.4 is 5.32 Å². The van der Waals surface area contributed by atoms with Crippen molar-refractivity contribution in [1.29, 1.82) is 0 Å². The summed E-state index contributed by atoms with van der Waals surface area (Å²) in [6, 6.07) is 11.6. The van der Waals surface area contributed by atoms with Gasteiger partial charge in [-0.1, -0.05) is 12.1 Å². The van der Waals surface area contributed by atoms with Crippen LogP contribution in [0.15, 0.2) is 47.6 Å². The summed E-state index contributed by atoms with van der Waals surface area (Å²) in [5, 5.41) is 12.7. The highest BCUT2D eigenvalue weighted by atomic mass is 127. The molecule has 0 aliphatic heterocycles. The summed E-state index contributed by atoms with van der Waals surface area (Å²) in [7, 11) is 4.12. The van der Waals surface area contributed by atoms with Crippen LogP contribution >= 0.6 is 24.0 Å². The lowest BCUT2D eigenvalue weighted by Crippen LogP contribution is -2.38. The minimum atomic E-state index is 0. The SMILES string of the molecule is CCNC(=NCCCc1ccc(O)cc1)N(C)Cc1cccn1C.I. The Morgan fingerprint density at radius 1 is 1.24 bits per heavy atom. The fourth-order valence-electron chi connectivity index (χ4n) is 2.58. The normalized spacial score (nSPS) is 11.1. The van der Waals surface area contributed by atoms with E-state index in [-0.39, 0.29) is 24.0 Å². The Morgan fingerprint density at radius 3 is 2.56 bits per heavy atom. The Bertz CT molecular complexity index is 652. The third kappa shape index (κ3) is 6.97. The fourth-order valence-corrected chi connectivity index (χ4v) is 2.58. The van der Waals surface area contributed by atoms with Crippen LogP contribution in [0.1, 0.15) is 24.6 Å². The van der Waals surface area contributed by atoms with Gasteiger partial charge in [-0.15, -0.1) is 24.0 Å². The number of phenols is 1. The summed E-state index contributed by atoms with van der Waals surface area (Å²) < 4.78 is 2.13. The Balaban J connectivity index is 0.00000312. The first-order valence-electron chi connectivity index (χ1n) is 8.47. The van der Waals surface area contributed by atoms with E-state index in [1.165, 1.54) is 11.3 Å². The molecule has 25 heavy (non-hydrogen) atoms. The van der Waals surface area contributed by atoms with Gasteiger partial charge in [0.05, 0.1) is 6.54 Å². The molecule has 2 N–H and O–H groups in total. The molecule has 0 saturated carbocycles. The van der Waals surface area contributed by atoms with E-state index in [0.29, 0.717) is 5.75 Å². The second-order valence-electron chi connectivity index (χ2n) is 5.97. The largest absolute Gasteiger partial charge is 0.508 e. The van der Waals surface area contributed by atoms with Crippen LogP contribution in [0.4, 0.5) is 0 Å². The number of aromatic nitrogens is 1. The Labute approximate surface area is 167 Å². The van der Waals surface area contributed by atoms with E-state index in [2.05, 4.69) is 54.1 Å². The van der Waals surface area contributed by atoms with Gasteiger partial charge in [0.15, 0.2) is 5.96 Å². The molecule has 0 amide bonds. The maximum atomic E-state index is 9.31. The minimum absolute atomic E-state index is 0. The highest BCUT2D eigenvalue weighted by Crippen LogP contribution is 2.11. The molecule has 0 unspecified atom stereocenters. The van der Waals surface area contributed by atoms with Crippen LogP contribution in [-0.2, 0) is 20.0 Å². The van der Waals surface area contributed by atoms with Crippen LogP contribution in [0.5, 0.6) is 5.75 Å². The van der Waals surface area contributed by atoms with Crippen molar-refractivity contribution in [3.8, 4) is 5.75 Å². The fraction of sp³-hybridized carbons (Fsp3) is 0.421. The minimum Gasteiger partial charge on any atom is -0.508 e. The van der Waals surface area contributed by atoms with E-state index in [4.69, 9.17) is 4.99 Å². The molecule has 1 heterocycles. The highest BCUT2D eigenvalue weighted by molar-refractivity contribution is 14.0. The van der Waals surface area contributed by atoms with E-state index < -0.39 is 0 Å². The molecule has 0 bridgehead atoms. The number of aromatic hydroxyl groups is 1. The lowest BCUT2D eigenvalue weighted by molar-refractivity contribution is 0.461. The number of aliphatic imine (C=N–C) groups is 1. The third-order valence-electron chi connectivity index (χ3n) is 3.97. The lowest BCUT2D eigenvalue weighted by Gasteiger charge is -2.22. The number of hydrogen-bond acceptors (Lipinski definition) is 2. The number of nitrogens with one attached hydrogen (secondary N) is 1. The van der Waals surface area contributed by atoms with E-state index in [1.807, 2.05) is 12.1 Å². The summed E-state index contributed by atoms with van der Waals surface area (Å²) >= 11 is 0. The zero-order chi connectivity index (χ0) is 17.4. The highest BCUT2D eigenvalue weighted by Gasteiger charge is 2.07. The van der Waals surface area contributed by atoms with Crippen LogP contribution in [0.2, 0.25) is 0 Å². The van der Waals surface area contributed by atoms with Crippen LogP contribution in [0.3, 0.4) is 0 Å². The summed E-state index contributed by atoms with van der Waals surface area (Å²) in [5.41, 5.74) is 2.48. The van der Waals surface area contributed by atoms with E-state index in [9.17, 15) is 5.11 Å². The van der Waals surface area contributed by atoms with Gasteiger partial charge in [-0.25, -0.2) is 0 Å². The molecule has 138 valence electrons. The average molecular weight is 456 g/mol. The molecule has 0 radical (unpaired) electrons. The van der Waals surface area contributed by atoms with Crippen molar-refractivity contribution in [3.63, 3.8) is 0 Å². The van der Waals surface area contributed by atoms with Gasteiger partial charge in [0.25, 0.3) is 0 Å². The number of guanidine groups is 1. The molecule has 0 aliphatic rings. The predicted octanol–water partition coefficient (Wildman–Crippen LogP) is 3.38. The number of halogens is 1. The molecular formula is C19H29IN4O. The summed E-state index contributed by atoms with van der Waals surface area (Å²) in [4.78, 5) is 6.88. The van der Waals surface area contributed by atoms with Crippen molar-refractivity contribution in [3.05, 3.63) is 53.9 Å². The van der Waals surface area contributed by atoms with Gasteiger partial charge < -0.3 is 19.9 Å². The Kier molecular flexibility index (Phi) is 9.41. The number of aryl methyl sites for hydroxylation is 2. The Morgan fingerprint density at radius 2 is 1.96 bits per heavy atom. The number of phenolic OH excluding ortho intramolecular Hbond substituents is 1. The second kappa shape index (κ2) is 11.0. The third-order valence-corrected chi connectivity index (χ3v) is 3.97. The van der Waals surface area contributed by atoms with E-state index >= 15 is 0 Å². The van der Waals surface area contributed by atoms with Crippen molar-refractivity contribution in [2.75, 3.05) is 20.1 Å². The smallest absolute Gasteiger partial charge is 0.194 e. The van der Waals surface area contributed by atoms with Gasteiger partial charge in [-0.2, -0.15) is 0 Å². The van der Waals surface area contributed by atoms with Crippen molar-refractivity contribution in [1.82, 2.24) is 14.8 Å². The van der Waals surface area contributed by atoms with E-state index in [0.717, 1.165) is 38.4 Å². The number of rotatable bonds is 7. The van der Waals surface area contributed by atoms with Gasteiger partial charge in [0, 0.05) is 39.1 Å². The average Bonchev–Trinajstić information content (AvgIpc) is 2.97. The van der Waals surface area contributed by atoms with Gasteiger partial charge >= 0.3 is 0 Å². The monoisotopic (exact) mass is 456 g/mol. The van der Waals surface area contributed by atoms with Gasteiger partial charge in [-0.05, 0) is 49.6 Å². The molecule has 0 aliphatic carbocycles. The van der Waals surface area contributed by atoms with E-state index in [1.54, 1.807) is 12.1 Å². The van der Waals surface area contributed by atoms with Gasteiger partial charge in [-0.3, -0.25) is 4.99 Å². The Hall–Kier alpha value is -1.70. The number of benzene rings is 1. The zero-order valence-corrected chi connectivity index (χ0v) is 17.6. The molecular weight excluding hydrogens is 427 g/mol. The summed E-state index contributed by atoms with van der Waals surface area (Å²) in [6.45, 7) is 4.55. The number of hydrogen-bond donors (Lipinski definition) is 2. The molecule has 1 aromatic heterocycles. The summed E-state index contributed by atoms with van der Waals surface area (Å²) in [5.74, 6) is 1.25. The lowest BCUT2D eigenvalue weighted by atomic mass is 10.1. The van der Waals surface area contributed by atoms with Crippen LogP contribution in [0.25, 0.3) is 0 Å². The molecule has 0 fully saturated rings. The molecule has 5 nitrogen and oxygen atoms in total. The first kappa shape index (κ1) is 21.3. The maximum absolute atomic E-state index is 9.31. The van der Waals surface area contributed by atoms with Crippen molar-refractivity contribution in [2.24, 2.45) is 12.0 Å². The topological polar surface area (TPSA) is 52.8 Å². The molecule has 0 saturated heterocycles. The molecule has 0 atom stereocenters. The van der Waals surface area contributed by atoms with Crippen molar-refractivity contribution in [2.45, 2.75) is 26.3 Å². The van der Waals surface area contributed by atoms with Gasteiger partial charge in [0.1, 0.15) is 5.75 Å². The molecule has 0 spiro atoms. The summed E-state index contributed by atoms with van der Waals surface area (Å²) in [6.07, 6.45) is 4.01. The van der Waals surface area contributed by atoms with Crippen LogP contribution in [0, 0.1) is 0 Å². The van der Waals surface area contributed by atoms with Crippen molar-refractivity contribution < 1.29 is 5.11 Å². The predicted molar refractivity (Wildman–Crippen MR) is 115 cm³/mol. The molecule has 2 aromatic rings. The van der Waals surface area contributed by atoms with Crippen LogP contribution in [-0.4, -0.2) is 40.7 Å². The first-order chi connectivity index (χ1) is 11.6. The zero-order valence-electron chi connectivity index (χ0n) is 15.3. The second-order valence-corrected chi connectivity index (χ2v) is 5.97.